The summed E-state index contributed by atoms with van der Waals surface area (Å²) in [4.78, 5) is 39.8. The Morgan fingerprint density at radius 3 is 2.55 bits per heavy atom. The molecular weight excluding hydrogens is 378 g/mol. The zero-order chi connectivity index (χ0) is 21.2. The summed E-state index contributed by atoms with van der Waals surface area (Å²) < 4.78 is 14.7. The normalized spacial score (nSPS) is 11.7. The van der Waals surface area contributed by atoms with Gasteiger partial charge in [0.25, 0.3) is 5.91 Å². The van der Waals surface area contributed by atoms with E-state index in [0.717, 1.165) is 5.56 Å². The van der Waals surface area contributed by atoms with Gasteiger partial charge in [-0.25, -0.2) is 4.79 Å². The fraction of sp³-hybridized carbons (Fsp3) is 0.450. The molecule has 0 fully saturated rings. The van der Waals surface area contributed by atoms with E-state index < -0.39 is 30.5 Å². The number of esters is 2. The van der Waals surface area contributed by atoms with Crippen molar-refractivity contribution in [3.05, 3.63) is 36.2 Å². The molecule has 1 amide bonds. The predicted octanol–water partition coefficient (Wildman–Crippen LogP) is 1.92. The molecule has 0 aliphatic heterocycles. The Kier molecular flexibility index (Phi) is 8.32. The first-order valence-corrected chi connectivity index (χ1v) is 9.29. The molecule has 0 saturated heterocycles. The molecule has 2 aromatic rings. The number of aryl methyl sites for hydroxylation is 1. The third-order valence-electron chi connectivity index (χ3n) is 3.94. The summed E-state index contributed by atoms with van der Waals surface area (Å²) in [5, 5.41) is 6.39. The average Bonchev–Trinajstić information content (AvgIpc) is 3.19. The molecule has 1 atom stereocenters. The van der Waals surface area contributed by atoms with Crippen molar-refractivity contribution in [2.75, 3.05) is 13.7 Å². The Bertz CT molecular complexity index is 819. The van der Waals surface area contributed by atoms with Crippen molar-refractivity contribution >= 4 is 17.8 Å². The molecular formula is C20H25N3O6. The maximum absolute atomic E-state index is 12.0. The van der Waals surface area contributed by atoms with E-state index in [4.69, 9.17) is 9.26 Å². The lowest BCUT2D eigenvalue weighted by Gasteiger charge is -2.18. The van der Waals surface area contributed by atoms with Gasteiger partial charge in [-0.15, -0.1) is 0 Å². The maximum Gasteiger partial charge on any atom is 0.328 e. The highest BCUT2D eigenvalue weighted by Crippen LogP contribution is 2.15. The van der Waals surface area contributed by atoms with E-state index in [-0.39, 0.29) is 18.8 Å². The number of benzene rings is 1. The van der Waals surface area contributed by atoms with Crippen molar-refractivity contribution in [3.63, 3.8) is 0 Å². The molecule has 156 valence electrons. The van der Waals surface area contributed by atoms with Crippen molar-refractivity contribution in [2.45, 2.75) is 39.2 Å². The quantitative estimate of drug-likeness (QED) is 0.597. The molecule has 0 saturated carbocycles. The SMILES string of the molecule is COC(=O)C(CC(C)C)NC(=O)COC(=O)CCc1nc(-c2ccccc2)no1. The van der Waals surface area contributed by atoms with E-state index in [1.54, 1.807) is 0 Å². The van der Waals surface area contributed by atoms with Crippen LogP contribution in [0.4, 0.5) is 0 Å². The summed E-state index contributed by atoms with van der Waals surface area (Å²) in [5.41, 5.74) is 0.809. The van der Waals surface area contributed by atoms with Gasteiger partial charge in [0.2, 0.25) is 11.7 Å². The number of hydrogen-bond donors (Lipinski definition) is 1. The number of amides is 1. The summed E-state index contributed by atoms with van der Waals surface area (Å²) in [6.07, 6.45) is 0.599. The largest absolute Gasteiger partial charge is 0.467 e. The van der Waals surface area contributed by atoms with Crippen molar-refractivity contribution in [3.8, 4) is 11.4 Å². The number of methoxy groups -OCH3 is 1. The molecule has 0 aliphatic carbocycles. The van der Waals surface area contributed by atoms with E-state index in [1.165, 1.54) is 7.11 Å². The van der Waals surface area contributed by atoms with Gasteiger partial charge in [-0.2, -0.15) is 4.98 Å². The van der Waals surface area contributed by atoms with Crippen LogP contribution in [0.15, 0.2) is 34.9 Å². The van der Waals surface area contributed by atoms with Gasteiger partial charge in [-0.05, 0) is 12.3 Å². The van der Waals surface area contributed by atoms with E-state index in [2.05, 4.69) is 20.2 Å². The number of nitrogens with zero attached hydrogens (tertiary/aromatic N) is 2. The first-order valence-electron chi connectivity index (χ1n) is 9.29. The van der Waals surface area contributed by atoms with Gasteiger partial charge < -0.3 is 19.3 Å². The van der Waals surface area contributed by atoms with Gasteiger partial charge in [0.05, 0.1) is 13.5 Å². The van der Waals surface area contributed by atoms with Crippen molar-refractivity contribution in [2.24, 2.45) is 5.92 Å². The third-order valence-corrected chi connectivity index (χ3v) is 3.94. The Balaban J connectivity index is 1.76. The van der Waals surface area contributed by atoms with Crippen molar-refractivity contribution < 1.29 is 28.4 Å². The molecule has 0 radical (unpaired) electrons. The molecule has 0 spiro atoms. The van der Waals surface area contributed by atoms with Crippen LogP contribution < -0.4 is 5.32 Å². The highest BCUT2D eigenvalue weighted by Gasteiger charge is 2.23. The topological polar surface area (TPSA) is 121 Å². The first kappa shape index (κ1) is 22.1. The first-order chi connectivity index (χ1) is 13.9. The number of aromatic nitrogens is 2. The summed E-state index contributed by atoms with van der Waals surface area (Å²) in [6.45, 7) is 3.36. The number of ether oxygens (including phenoxy) is 2. The monoisotopic (exact) mass is 403 g/mol. The Morgan fingerprint density at radius 2 is 1.90 bits per heavy atom. The summed E-state index contributed by atoms with van der Waals surface area (Å²) in [7, 11) is 1.25. The van der Waals surface area contributed by atoms with Crippen molar-refractivity contribution in [1.29, 1.82) is 0 Å². The van der Waals surface area contributed by atoms with Crippen LogP contribution in [-0.4, -0.2) is 47.7 Å². The minimum atomic E-state index is -0.777. The van der Waals surface area contributed by atoms with Crippen LogP contribution in [0, 0.1) is 5.92 Å². The van der Waals surface area contributed by atoms with Gasteiger partial charge in [-0.3, -0.25) is 9.59 Å². The maximum atomic E-state index is 12.0. The van der Waals surface area contributed by atoms with Crippen LogP contribution in [-0.2, 0) is 30.3 Å². The van der Waals surface area contributed by atoms with Crippen molar-refractivity contribution in [1.82, 2.24) is 15.5 Å². The number of carbonyl (C=O) groups excluding carboxylic acids is 3. The summed E-state index contributed by atoms with van der Waals surface area (Å²) in [6, 6.07) is 8.53. The van der Waals surface area contributed by atoms with E-state index >= 15 is 0 Å². The molecule has 1 unspecified atom stereocenters. The van der Waals surface area contributed by atoms with E-state index in [1.807, 2.05) is 44.2 Å². The molecule has 29 heavy (non-hydrogen) atoms. The summed E-state index contributed by atoms with van der Waals surface area (Å²) >= 11 is 0. The average molecular weight is 403 g/mol. The van der Waals surface area contributed by atoms with Crippen LogP contribution in [0.25, 0.3) is 11.4 Å². The number of carbonyl (C=O) groups is 3. The zero-order valence-electron chi connectivity index (χ0n) is 16.7. The fourth-order valence-corrected chi connectivity index (χ4v) is 2.55. The highest BCUT2D eigenvalue weighted by atomic mass is 16.5. The second-order valence-corrected chi connectivity index (χ2v) is 6.81. The Labute approximate surface area is 168 Å². The zero-order valence-corrected chi connectivity index (χ0v) is 16.7. The van der Waals surface area contributed by atoms with Crippen LogP contribution in [0.5, 0.6) is 0 Å². The van der Waals surface area contributed by atoms with Crippen LogP contribution >= 0.6 is 0 Å². The van der Waals surface area contributed by atoms with Gasteiger partial charge >= 0.3 is 11.9 Å². The third kappa shape index (κ3) is 7.36. The Morgan fingerprint density at radius 1 is 1.17 bits per heavy atom. The van der Waals surface area contributed by atoms with Crippen LogP contribution in [0.2, 0.25) is 0 Å². The summed E-state index contributed by atoms with van der Waals surface area (Å²) in [5.74, 6) is -0.780. The lowest BCUT2D eigenvalue weighted by Crippen LogP contribution is -2.44. The molecule has 9 nitrogen and oxygen atoms in total. The Hall–Kier alpha value is -3.23. The minimum Gasteiger partial charge on any atom is -0.467 e. The lowest BCUT2D eigenvalue weighted by atomic mass is 10.0. The van der Waals surface area contributed by atoms with Gasteiger partial charge in [0, 0.05) is 12.0 Å². The number of rotatable bonds is 10. The highest BCUT2D eigenvalue weighted by molar-refractivity contribution is 5.86. The predicted molar refractivity (Wildman–Crippen MR) is 102 cm³/mol. The minimum absolute atomic E-state index is 0.0177. The lowest BCUT2D eigenvalue weighted by molar-refractivity contribution is -0.150. The molecule has 0 bridgehead atoms. The smallest absolute Gasteiger partial charge is 0.328 e. The standard InChI is InChI=1S/C20H25N3O6/c1-13(2)11-15(20(26)27-3)21-16(24)12-28-18(25)10-9-17-22-19(23-29-17)14-7-5-4-6-8-14/h4-8,13,15H,9-12H2,1-3H3,(H,21,24). The van der Waals surface area contributed by atoms with E-state index in [0.29, 0.717) is 18.1 Å². The second kappa shape index (κ2) is 10.9. The fourth-order valence-electron chi connectivity index (χ4n) is 2.55. The molecule has 1 N–H and O–H groups in total. The molecule has 0 aliphatic rings. The number of nitrogens with one attached hydrogen (secondary N) is 1. The van der Waals surface area contributed by atoms with Gasteiger partial charge in [-0.1, -0.05) is 49.3 Å². The van der Waals surface area contributed by atoms with Crippen LogP contribution in [0.1, 0.15) is 32.6 Å². The van der Waals surface area contributed by atoms with Gasteiger partial charge in [0.15, 0.2) is 6.61 Å². The molecule has 1 aromatic heterocycles. The molecule has 9 heteroatoms. The molecule has 1 heterocycles. The van der Waals surface area contributed by atoms with Gasteiger partial charge in [0.1, 0.15) is 6.04 Å². The molecule has 1 aromatic carbocycles. The number of hydrogen-bond acceptors (Lipinski definition) is 8. The molecule has 2 rings (SSSR count). The van der Waals surface area contributed by atoms with E-state index in [9.17, 15) is 14.4 Å². The van der Waals surface area contributed by atoms with Crippen LogP contribution in [0.3, 0.4) is 0 Å². The second-order valence-electron chi connectivity index (χ2n) is 6.81.